The predicted octanol–water partition coefficient (Wildman–Crippen LogP) is 4.09. The van der Waals surface area contributed by atoms with Crippen LogP contribution in [0.3, 0.4) is 0 Å². The molecule has 0 aliphatic heterocycles. The van der Waals surface area contributed by atoms with Crippen LogP contribution < -0.4 is 11.1 Å². The maximum atomic E-state index is 13.7. The summed E-state index contributed by atoms with van der Waals surface area (Å²) in [6, 6.07) is 6.83. The second-order valence-corrected chi connectivity index (χ2v) is 5.56. The van der Waals surface area contributed by atoms with Gasteiger partial charge in [-0.3, -0.25) is 4.79 Å². The fraction of sp³-hybridized carbons (Fsp3) is 0.0714. The van der Waals surface area contributed by atoms with Crippen LogP contribution in [-0.4, -0.2) is 5.91 Å². The van der Waals surface area contributed by atoms with Crippen LogP contribution in [0, 0.1) is 11.6 Å². The summed E-state index contributed by atoms with van der Waals surface area (Å²) in [4.78, 5) is 11.1. The van der Waals surface area contributed by atoms with Gasteiger partial charge in [0.2, 0.25) is 0 Å². The van der Waals surface area contributed by atoms with Gasteiger partial charge >= 0.3 is 0 Å². The van der Waals surface area contributed by atoms with Crippen molar-refractivity contribution in [2.45, 2.75) is 6.54 Å². The molecule has 0 saturated heterocycles. The number of halogens is 4. The molecule has 0 aliphatic rings. The smallest absolute Gasteiger partial charge is 0.251 e. The largest absolute Gasteiger partial charge is 0.379 e. The highest BCUT2D eigenvalue weighted by molar-refractivity contribution is 9.10. The fourth-order valence-electron chi connectivity index (χ4n) is 1.73. The molecule has 0 spiro atoms. The Kier molecular flexibility index (Phi) is 4.80. The minimum Gasteiger partial charge on any atom is -0.379 e. The van der Waals surface area contributed by atoms with Crippen molar-refractivity contribution in [2.24, 2.45) is 5.73 Å². The number of hydrogen-bond acceptors (Lipinski definition) is 2. The number of primary amides is 1. The number of benzene rings is 2. The summed E-state index contributed by atoms with van der Waals surface area (Å²) in [6.45, 7) is 0.262. The molecule has 2 aromatic rings. The number of amides is 1. The van der Waals surface area contributed by atoms with Crippen LogP contribution in [0.4, 0.5) is 14.5 Å². The third-order valence-electron chi connectivity index (χ3n) is 2.81. The number of nitrogens with two attached hydrogens (primary N) is 1. The molecule has 110 valence electrons. The molecule has 0 aliphatic carbocycles. The molecule has 2 rings (SSSR count). The zero-order valence-electron chi connectivity index (χ0n) is 10.6. The van der Waals surface area contributed by atoms with E-state index in [-0.39, 0.29) is 17.8 Å². The summed E-state index contributed by atoms with van der Waals surface area (Å²) < 4.78 is 27.8. The van der Waals surface area contributed by atoms with E-state index >= 15 is 0 Å². The molecule has 1 amide bonds. The quantitative estimate of drug-likeness (QED) is 0.845. The molecule has 0 heterocycles. The molecule has 0 saturated carbocycles. The second kappa shape index (κ2) is 6.41. The Hall–Kier alpha value is -1.66. The Morgan fingerprint density at radius 1 is 1.24 bits per heavy atom. The van der Waals surface area contributed by atoms with Gasteiger partial charge in [0.1, 0.15) is 11.6 Å². The van der Waals surface area contributed by atoms with Gasteiger partial charge in [0, 0.05) is 22.1 Å². The lowest BCUT2D eigenvalue weighted by molar-refractivity contribution is 0.0996. The fourth-order valence-corrected chi connectivity index (χ4v) is 2.55. The molecule has 0 unspecified atom stereocenters. The molecule has 21 heavy (non-hydrogen) atoms. The number of hydrogen-bond donors (Lipinski definition) is 2. The maximum absolute atomic E-state index is 13.7. The Morgan fingerprint density at radius 3 is 2.57 bits per heavy atom. The number of carbonyl (C=O) groups is 1. The molecule has 3 N–H and O–H groups in total. The second-order valence-electron chi connectivity index (χ2n) is 4.27. The zero-order chi connectivity index (χ0) is 15.6. The average molecular weight is 376 g/mol. The third kappa shape index (κ3) is 3.71. The molecule has 0 fully saturated rings. The number of anilines is 1. The molecule has 0 bridgehead atoms. The minimum atomic E-state index is -0.988. The van der Waals surface area contributed by atoms with Crippen LogP contribution in [-0.2, 0) is 6.54 Å². The van der Waals surface area contributed by atoms with Crippen molar-refractivity contribution < 1.29 is 13.6 Å². The zero-order valence-corrected chi connectivity index (χ0v) is 12.9. The van der Waals surface area contributed by atoms with E-state index in [4.69, 9.17) is 17.3 Å². The van der Waals surface area contributed by atoms with Crippen LogP contribution >= 0.6 is 27.5 Å². The Morgan fingerprint density at radius 2 is 1.95 bits per heavy atom. The first kappa shape index (κ1) is 15.7. The normalized spacial score (nSPS) is 10.5. The lowest BCUT2D eigenvalue weighted by Crippen LogP contribution is -2.14. The standard InChI is InChI=1S/C14H10BrClF2N2O/c15-10-3-8(16)2-1-7(10)6-20-13-4-9(14(19)21)11(17)5-12(13)18/h1-5,20H,6H2,(H2,19,21). The van der Waals surface area contributed by atoms with Crippen LogP contribution in [0.25, 0.3) is 0 Å². The number of nitrogens with one attached hydrogen (secondary N) is 1. The van der Waals surface area contributed by atoms with E-state index in [0.717, 1.165) is 16.1 Å². The molecular formula is C14H10BrClF2N2O. The molecule has 0 atom stereocenters. The van der Waals surface area contributed by atoms with Gasteiger partial charge in [-0.15, -0.1) is 0 Å². The van der Waals surface area contributed by atoms with E-state index in [0.29, 0.717) is 11.1 Å². The molecule has 3 nitrogen and oxygen atoms in total. The van der Waals surface area contributed by atoms with Crippen molar-refractivity contribution in [1.82, 2.24) is 0 Å². The summed E-state index contributed by atoms with van der Waals surface area (Å²) >= 11 is 9.17. The summed E-state index contributed by atoms with van der Waals surface area (Å²) in [5, 5.41) is 3.35. The van der Waals surface area contributed by atoms with Crippen LogP contribution in [0.2, 0.25) is 5.02 Å². The van der Waals surface area contributed by atoms with E-state index in [1.165, 1.54) is 0 Å². The molecule has 2 aromatic carbocycles. The highest BCUT2D eigenvalue weighted by Crippen LogP contribution is 2.24. The molecule has 7 heteroatoms. The topological polar surface area (TPSA) is 55.1 Å². The van der Waals surface area contributed by atoms with E-state index < -0.39 is 17.5 Å². The molecule has 0 aromatic heterocycles. The van der Waals surface area contributed by atoms with Crippen LogP contribution in [0.15, 0.2) is 34.8 Å². The Labute approximate surface area is 133 Å². The van der Waals surface area contributed by atoms with Gasteiger partial charge in [-0.2, -0.15) is 0 Å². The summed E-state index contributed by atoms with van der Waals surface area (Å²) in [7, 11) is 0. The maximum Gasteiger partial charge on any atom is 0.251 e. The van der Waals surface area contributed by atoms with Gasteiger partial charge in [-0.1, -0.05) is 33.6 Å². The monoisotopic (exact) mass is 374 g/mol. The minimum absolute atomic E-state index is 0.00736. The van der Waals surface area contributed by atoms with Crippen molar-refractivity contribution in [3.8, 4) is 0 Å². The molecule has 0 radical (unpaired) electrons. The van der Waals surface area contributed by atoms with Gasteiger partial charge in [-0.25, -0.2) is 8.78 Å². The number of rotatable bonds is 4. The first-order chi connectivity index (χ1) is 9.88. The molecular weight excluding hydrogens is 366 g/mol. The summed E-state index contributed by atoms with van der Waals surface area (Å²) in [6.07, 6.45) is 0. The Balaban J connectivity index is 2.23. The first-order valence-corrected chi connectivity index (χ1v) is 7.02. The van der Waals surface area contributed by atoms with Gasteiger partial charge in [-0.05, 0) is 23.8 Å². The summed E-state index contributed by atoms with van der Waals surface area (Å²) in [5.74, 6) is -2.75. The third-order valence-corrected chi connectivity index (χ3v) is 3.78. The SMILES string of the molecule is NC(=O)c1cc(NCc2ccc(Cl)cc2Br)c(F)cc1F. The van der Waals surface area contributed by atoms with Crippen molar-refractivity contribution in [3.05, 3.63) is 62.6 Å². The van der Waals surface area contributed by atoms with Gasteiger partial charge in [0.15, 0.2) is 0 Å². The van der Waals surface area contributed by atoms with Crippen molar-refractivity contribution in [1.29, 1.82) is 0 Å². The van der Waals surface area contributed by atoms with Crippen molar-refractivity contribution in [2.75, 3.05) is 5.32 Å². The first-order valence-electron chi connectivity index (χ1n) is 5.85. The van der Waals surface area contributed by atoms with Crippen molar-refractivity contribution >= 4 is 39.1 Å². The van der Waals surface area contributed by atoms with Crippen LogP contribution in [0.5, 0.6) is 0 Å². The number of carbonyl (C=O) groups excluding carboxylic acids is 1. The van der Waals surface area contributed by atoms with Crippen LogP contribution in [0.1, 0.15) is 15.9 Å². The van der Waals surface area contributed by atoms with E-state index in [2.05, 4.69) is 21.2 Å². The van der Waals surface area contributed by atoms with E-state index in [9.17, 15) is 13.6 Å². The van der Waals surface area contributed by atoms with Gasteiger partial charge in [0.25, 0.3) is 5.91 Å². The highest BCUT2D eigenvalue weighted by atomic mass is 79.9. The average Bonchev–Trinajstić information content (AvgIpc) is 2.39. The lowest BCUT2D eigenvalue weighted by Gasteiger charge is -2.11. The predicted molar refractivity (Wildman–Crippen MR) is 81.4 cm³/mol. The van der Waals surface area contributed by atoms with Gasteiger partial charge < -0.3 is 11.1 Å². The van der Waals surface area contributed by atoms with Gasteiger partial charge in [0.05, 0.1) is 11.3 Å². The highest BCUT2D eigenvalue weighted by Gasteiger charge is 2.14. The van der Waals surface area contributed by atoms with E-state index in [1.54, 1.807) is 18.2 Å². The van der Waals surface area contributed by atoms with E-state index in [1.807, 2.05) is 0 Å². The van der Waals surface area contributed by atoms with Crippen molar-refractivity contribution in [3.63, 3.8) is 0 Å². The lowest BCUT2D eigenvalue weighted by atomic mass is 10.1. The Bertz CT molecular complexity index is 710. The summed E-state index contributed by atoms with van der Waals surface area (Å²) in [5.41, 5.74) is 5.48.